The number of esters is 1. The highest BCUT2D eigenvalue weighted by molar-refractivity contribution is 7.89. The van der Waals surface area contributed by atoms with Crippen LogP contribution in [0, 0.1) is 10.1 Å². The third-order valence-electron chi connectivity index (χ3n) is 6.00. The lowest BCUT2D eigenvalue weighted by Gasteiger charge is -2.22. The summed E-state index contributed by atoms with van der Waals surface area (Å²) in [6.45, 7) is 4.52. The van der Waals surface area contributed by atoms with Gasteiger partial charge in [-0.2, -0.15) is 0 Å². The number of nitro groups is 1. The van der Waals surface area contributed by atoms with Crippen LogP contribution in [0.5, 0.6) is 11.5 Å². The first-order chi connectivity index (χ1) is 19.7. The van der Waals surface area contributed by atoms with Crippen LogP contribution in [0.3, 0.4) is 0 Å². The van der Waals surface area contributed by atoms with Crippen molar-refractivity contribution in [3.63, 3.8) is 0 Å². The van der Waals surface area contributed by atoms with Crippen LogP contribution in [0.15, 0.2) is 71.6 Å². The Labute approximate surface area is 240 Å². The lowest BCUT2D eigenvalue weighted by Crippen LogP contribution is -2.28. The summed E-state index contributed by atoms with van der Waals surface area (Å²) in [5.74, 6) is -0.352. The molecular weight excluding hydrogens is 550 g/mol. The predicted octanol–water partition coefficient (Wildman–Crippen LogP) is 6.31. The highest BCUT2D eigenvalue weighted by Crippen LogP contribution is 2.39. The molecule has 0 aliphatic rings. The fraction of sp³-hybridized carbons (Fsp3) is 0.345. The zero-order valence-corrected chi connectivity index (χ0v) is 24.2. The second-order valence-corrected chi connectivity index (χ2v) is 11.1. The third kappa shape index (κ3) is 8.74. The van der Waals surface area contributed by atoms with Crippen LogP contribution in [0.2, 0.25) is 0 Å². The standard InChI is InChI=1S/C29H35N3O8S/c1-4-6-17-30-26-19-23(29(33)38-21-22-13-15-24(16-14-22)32(34)35)20-27(28(26)40-25-11-9-8-10-12-25)41(36,37)31(3)39-18-7-5-2/h8-16,19-20,30H,4-7,17-18,21H2,1-3H3. The third-order valence-corrected chi connectivity index (χ3v) is 7.65. The molecule has 0 radical (unpaired) electrons. The fourth-order valence-electron chi connectivity index (χ4n) is 3.65. The average Bonchev–Trinajstić information content (AvgIpc) is 2.97. The summed E-state index contributed by atoms with van der Waals surface area (Å²) in [7, 11) is -2.99. The van der Waals surface area contributed by atoms with Crippen LogP contribution >= 0.6 is 0 Å². The van der Waals surface area contributed by atoms with Crippen molar-refractivity contribution in [3.8, 4) is 11.5 Å². The van der Waals surface area contributed by atoms with Crippen LogP contribution in [-0.2, 0) is 26.2 Å². The Morgan fingerprint density at radius 1 is 1.00 bits per heavy atom. The van der Waals surface area contributed by atoms with Crippen molar-refractivity contribution in [1.82, 2.24) is 4.47 Å². The number of para-hydroxylation sites is 1. The quantitative estimate of drug-likeness (QED) is 0.0887. The summed E-state index contributed by atoms with van der Waals surface area (Å²) in [4.78, 5) is 28.8. The Morgan fingerprint density at radius 2 is 1.68 bits per heavy atom. The molecular formula is C29H35N3O8S. The number of nitrogens with one attached hydrogen (secondary N) is 1. The molecule has 0 amide bonds. The molecule has 0 unspecified atom stereocenters. The van der Waals surface area contributed by atoms with E-state index in [1.807, 2.05) is 19.9 Å². The fourth-order valence-corrected chi connectivity index (χ4v) is 4.80. The SMILES string of the molecule is CCCCNc1cc(C(=O)OCc2ccc([N+](=O)[O-])cc2)cc(S(=O)(=O)N(C)OCCCC)c1Oc1ccccc1. The molecule has 0 atom stereocenters. The van der Waals surface area contributed by atoms with Gasteiger partial charge in [0.25, 0.3) is 15.7 Å². The van der Waals surface area contributed by atoms with Gasteiger partial charge in [-0.15, -0.1) is 0 Å². The predicted molar refractivity (Wildman–Crippen MR) is 154 cm³/mol. The summed E-state index contributed by atoms with van der Waals surface area (Å²) in [5, 5.41) is 14.1. The average molecular weight is 586 g/mol. The molecule has 0 aliphatic heterocycles. The second-order valence-electron chi connectivity index (χ2n) is 9.15. The molecule has 41 heavy (non-hydrogen) atoms. The van der Waals surface area contributed by atoms with E-state index in [-0.39, 0.29) is 35.1 Å². The molecule has 12 heteroatoms. The van der Waals surface area contributed by atoms with Gasteiger partial charge in [0.15, 0.2) is 5.75 Å². The lowest BCUT2D eigenvalue weighted by molar-refractivity contribution is -0.384. The number of nitro benzene ring substituents is 1. The number of carbonyl (C=O) groups excluding carboxylic acids is 1. The summed E-state index contributed by atoms with van der Waals surface area (Å²) in [6, 6.07) is 17.0. The van der Waals surface area contributed by atoms with Gasteiger partial charge in [0.2, 0.25) is 0 Å². The van der Waals surface area contributed by atoms with E-state index in [9.17, 15) is 23.3 Å². The Bertz CT molecular complexity index is 1410. The molecule has 0 aromatic heterocycles. The number of anilines is 1. The van der Waals surface area contributed by atoms with E-state index in [0.717, 1.165) is 23.7 Å². The van der Waals surface area contributed by atoms with Gasteiger partial charge in [0.05, 0.1) is 22.8 Å². The summed E-state index contributed by atoms with van der Waals surface area (Å²) in [6.07, 6.45) is 3.16. The van der Waals surface area contributed by atoms with Crippen molar-refractivity contribution in [3.05, 3.63) is 88.0 Å². The monoisotopic (exact) mass is 585 g/mol. The number of unbranched alkanes of at least 4 members (excludes halogenated alkanes) is 2. The van der Waals surface area contributed by atoms with Crippen molar-refractivity contribution < 1.29 is 32.4 Å². The number of hydrogen-bond donors (Lipinski definition) is 1. The normalized spacial score (nSPS) is 11.3. The number of sulfonamides is 1. The molecule has 3 rings (SSSR count). The largest absolute Gasteiger partial charge is 0.457 e. The second kappa shape index (κ2) is 15.1. The number of ether oxygens (including phenoxy) is 2. The summed E-state index contributed by atoms with van der Waals surface area (Å²) < 4.78 is 39.8. The van der Waals surface area contributed by atoms with Gasteiger partial charge in [-0.1, -0.05) is 49.4 Å². The van der Waals surface area contributed by atoms with E-state index in [4.69, 9.17) is 14.3 Å². The molecule has 1 N–H and O–H groups in total. The lowest BCUT2D eigenvalue weighted by atomic mass is 10.1. The van der Waals surface area contributed by atoms with Crippen LogP contribution in [0.25, 0.3) is 0 Å². The molecule has 220 valence electrons. The van der Waals surface area contributed by atoms with Gasteiger partial charge < -0.3 is 14.8 Å². The number of carbonyl (C=O) groups is 1. The van der Waals surface area contributed by atoms with Gasteiger partial charge in [0, 0.05) is 25.7 Å². The van der Waals surface area contributed by atoms with Crippen LogP contribution in [0.1, 0.15) is 55.5 Å². The molecule has 3 aromatic carbocycles. The Morgan fingerprint density at radius 3 is 2.32 bits per heavy atom. The molecule has 0 saturated carbocycles. The first-order valence-corrected chi connectivity index (χ1v) is 14.8. The van der Waals surface area contributed by atoms with E-state index >= 15 is 0 Å². The minimum Gasteiger partial charge on any atom is -0.457 e. The van der Waals surface area contributed by atoms with Crippen LogP contribution < -0.4 is 10.1 Å². The highest BCUT2D eigenvalue weighted by atomic mass is 32.2. The topological polar surface area (TPSA) is 137 Å². The summed E-state index contributed by atoms with van der Waals surface area (Å²) in [5.41, 5.74) is 0.725. The van der Waals surface area contributed by atoms with Gasteiger partial charge in [0.1, 0.15) is 17.3 Å². The zero-order valence-electron chi connectivity index (χ0n) is 23.4. The Balaban J connectivity index is 2.02. The number of rotatable bonds is 16. The molecule has 0 bridgehead atoms. The van der Waals surface area contributed by atoms with Crippen molar-refractivity contribution in [2.45, 2.75) is 51.0 Å². The first kappa shape index (κ1) is 31.5. The Kier molecular flexibility index (Phi) is 11.6. The molecule has 0 saturated heterocycles. The minimum absolute atomic E-state index is 0.0187. The van der Waals surface area contributed by atoms with E-state index in [1.165, 1.54) is 43.4 Å². The van der Waals surface area contributed by atoms with E-state index < -0.39 is 20.9 Å². The van der Waals surface area contributed by atoms with Crippen molar-refractivity contribution in [2.24, 2.45) is 0 Å². The van der Waals surface area contributed by atoms with Crippen molar-refractivity contribution in [1.29, 1.82) is 0 Å². The number of nitrogens with zero attached hydrogens (tertiary/aromatic N) is 2. The maximum Gasteiger partial charge on any atom is 0.338 e. The van der Waals surface area contributed by atoms with Crippen molar-refractivity contribution >= 4 is 27.4 Å². The molecule has 0 aliphatic carbocycles. The van der Waals surface area contributed by atoms with Gasteiger partial charge >= 0.3 is 5.97 Å². The van der Waals surface area contributed by atoms with E-state index in [2.05, 4.69) is 5.32 Å². The maximum atomic E-state index is 13.7. The van der Waals surface area contributed by atoms with Crippen LogP contribution in [-0.4, -0.2) is 44.0 Å². The zero-order chi connectivity index (χ0) is 29.8. The van der Waals surface area contributed by atoms with E-state index in [1.54, 1.807) is 24.3 Å². The van der Waals surface area contributed by atoms with Gasteiger partial charge in [-0.3, -0.25) is 15.0 Å². The molecule has 0 heterocycles. The van der Waals surface area contributed by atoms with Gasteiger partial charge in [-0.25, -0.2) is 13.2 Å². The van der Waals surface area contributed by atoms with Crippen LogP contribution in [0.4, 0.5) is 11.4 Å². The summed E-state index contributed by atoms with van der Waals surface area (Å²) >= 11 is 0. The molecule has 11 nitrogen and oxygen atoms in total. The highest BCUT2D eigenvalue weighted by Gasteiger charge is 2.30. The first-order valence-electron chi connectivity index (χ1n) is 13.3. The number of non-ortho nitro benzene ring substituents is 1. The molecule has 3 aromatic rings. The Hall–Kier alpha value is -4.00. The van der Waals surface area contributed by atoms with E-state index in [0.29, 0.717) is 30.0 Å². The smallest absolute Gasteiger partial charge is 0.338 e. The molecule has 0 spiro atoms. The number of hydroxylamine groups is 1. The number of hydrogen-bond acceptors (Lipinski definition) is 9. The van der Waals surface area contributed by atoms with Gasteiger partial charge in [-0.05, 0) is 54.8 Å². The number of benzene rings is 3. The van der Waals surface area contributed by atoms with Crippen molar-refractivity contribution in [2.75, 3.05) is 25.5 Å². The minimum atomic E-state index is -4.28. The maximum absolute atomic E-state index is 13.7. The molecule has 0 fully saturated rings.